The average Bonchev–Trinajstić information content (AvgIpc) is 2.74. The van der Waals surface area contributed by atoms with Crippen LogP contribution in [0.1, 0.15) is 12.8 Å². The summed E-state index contributed by atoms with van der Waals surface area (Å²) >= 11 is 12.3. The fourth-order valence-electron chi connectivity index (χ4n) is 3.74. The van der Waals surface area contributed by atoms with Gasteiger partial charge in [-0.1, -0.05) is 23.2 Å². The van der Waals surface area contributed by atoms with Gasteiger partial charge in [-0.3, -0.25) is 0 Å². The van der Waals surface area contributed by atoms with E-state index in [0.717, 1.165) is 69.8 Å². The molecule has 2 aromatic rings. The van der Waals surface area contributed by atoms with E-state index in [2.05, 4.69) is 31.7 Å². The fourth-order valence-corrected chi connectivity index (χ4v) is 4.24. The second kappa shape index (κ2) is 8.68. The predicted molar refractivity (Wildman–Crippen MR) is 113 cm³/mol. The van der Waals surface area contributed by atoms with E-state index in [4.69, 9.17) is 32.9 Å². The Bertz CT molecular complexity index is 809. The number of nitrogens with zero attached hydrogens (tertiary/aromatic N) is 6. The molecule has 2 aliphatic rings. The van der Waals surface area contributed by atoms with Crippen LogP contribution in [0.4, 0.5) is 17.6 Å². The molecule has 150 valence electrons. The highest BCUT2D eigenvalue weighted by Gasteiger charge is 2.26. The number of rotatable bonds is 4. The third kappa shape index (κ3) is 4.26. The molecule has 28 heavy (non-hydrogen) atoms. The first-order valence-corrected chi connectivity index (χ1v) is 10.3. The molecule has 0 saturated carbocycles. The Hall–Kier alpha value is -1.83. The van der Waals surface area contributed by atoms with E-state index in [1.54, 1.807) is 12.3 Å². The van der Waals surface area contributed by atoms with Gasteiger partial charge in [0, 0.05) is 51.7 Å². The molecular weight excluding hydrogens is 399 g/mol. The number of piperidine rings is 1. The Morgan fingerprint density at radius 1 is 1.07 bits per heavy atom. The van der Waals surface area contributed by atoms with Gasteiger partial charge in [-0.05, 0) is 25.0 Å². The Kier molecular flexibility index (Phi) is 6.04. The van der Waals surface area contributed by atoms with Crippen molar-refractivity contribution in [3.05, 3.63) is 34.6 Å². The lowest BCUT2D eigenvalue weighted by molar-refractivity contribution is 0.122. The van der Waals surface area contributed by atoms with Crippen LogP contribution in [0.25, 0.3) is 0 Å². The van der Waals surface area contributed by atoms with Crippen molar-refractivity contribution < 1.29 is 4.74 Å². The standard InChI is InChI=1S/C19H24Cl2N6O/c1-25(17-2-5-22-19(24-17)27-8-10-28-11-9-27)15-3-6-26(7-4-15)18-16(21)12-14(20)13-23-18/h2,5,12-13,15H,3-4,6-11H2,1H3. The normalized spacial score (nSPS) is 18.4. The van der Waals surface area contributed by atoms with Crippen molar-refractivity contribution in [2.24, 2.45) is 0 Å². The summed E-state index contributed by atoms with van der Waals surface area (Å²) in [6.07, 6.45) is 5.51. The van der Waals surface area contributed by atoms with Gasteiger partial charge in [-0.15, -0.1) is 0 Å². The molecule has 2 fully saturated rings. The van der Waals surface area contributed by atoms with Gasteiger partial charge in [0.1, 0.15) is 11.6 Å². The molecule has 9 heteroatoms. The molecule has 0 amide bonds. The Morgan fingerprint density at radius 3 is 2.54 bits per heavy atom. The zero-order chi connectivity index (χ0) is 19.5. The molecule has 2 aliphatic heterocycles. The molecule has 2 saturated heterocycles. The fraction of sp³-hybridized carbons (Fsp3) is 0.526. The molecule has 0 N–H and O–H groups in total. The summed E-state index contributed by atoms with van der Waals surface area (Å²) in [4.78, 5) is 20.3. The van der Waals surface area contributed by atoms with E-state index in [9.17, 15) is 0 Å². The van der Waals surface area contributed by atoms with Crippen molar-refractivity contribution in [2.45, 2.75) is 18.9 Å². The largest absolute Gasteiger partial charge is 0.378 e. The first-order chi connectivity index (χ1) is 13.6. The van der Waals surface area contributed by atoms with Crippen LogP contribution in [0.5, 0.6) is 0 Å². The van der Waals surface area contributed by atoms with Crippen molar-refractivity contribution in [1.29, 1.82) is 0 Å². The van der Waals surface area contributed by atoms with Crippen molar-refractivity contribution in [2.75, 3.05) is 61.1 Å². The highest BCUT2D eigenvalue weighted by Crippen LogP contribution is 2.30. The third-order valence-electron chi connectivity index (χ3n) is 5.38. The predicted octanol–water partition coefficient (Wildman–Crippen LogP) is 3.12. The minimum Gasteiger partial charge on any atom is -0.378 e. The summed E-state index contributed by atoms with van der Waals surface area (Å²) < 4.78 is 5.42. The van der Waals surface area contributed by atoms with Gasteiger partial charge < -0.3 is 19.4 Å². The van der Waals surface area contributed by atoms with Crippen molar-refractivity contribution in [3.63, 3.8) is 0 Å². The Balaban J connectivity index is 1.40. The topological polar surface area (TPSA) is 57.6 Å². The molecule has 0 aliphatic carbocycles. The zero-order valence-corrected chi connectivity index (χ0v) is 17.4. The summed E-state index contributed by atoms with van der Waals surface area (Å²) in [5, 5.41) is 1.16. The van der Waals surface area contributed by atoms with Gasteiger partial charge in [-0.2, -0.15) is 4.98 Å². The number of anilines is 3. The number of pyridine rings is 1. The van der Waals surface area contributed by atoms with Crippen molar-refractivity contribution in [3.8, 4) is 0 Å². The zero-order valence-electron chi connectivity index (χ0n) is 15.9. The van der Waals surface area contributed by atoms with Gasteiger partial charge in [0.2, 0.25) is 5.95 Å². The molecule has 0 atom stereocenters. The van der Waals surface area contributed by atoms with Gasteiger partial charge in [0.05, 0.1) is 23.3 Å². The minimum absolute atomic E-state index is 0.412. The van der Waals surface area contributed by atoms with Crippen LogP contribution in [0.15, 0.2) is 24.5 Å². The van der Waals surface area contributed by atoms with Crippen LogP contribution in [-0.2, 0) is 4.74 Å². The van der Waals surface area contributed by atoms with E-state index in [-0.39, 0.29) is 0 Å². The molecule has 0 radical (unpaired) electrons. The number of ether oxygens (including phenoxy) is 1. The second-order valence-electron chi connectivity index (χ2n) is 7.10. The Labute approximate surface area is 175 Å². The highest BCUT2D eigenvalue weighted by atomic mass is 35.5. The van der Waals surface area contributed by atoms with E-state index < -0.39 is 0 Å². The SMILES string of the molecule is CN(c1ccnc(N2CCOCC2)n1)C1CCN(c2ncc(Cl)cc2Cl)CC1. The minimum atomic E-state index is 0.412. The van der Waals surface area contributed by atoms with Crippen LogP contribution in [-0.4, -0.2) is 67.4 Å². The lowest BCUT2D eigenvalue weighted by Crippen LogP contribution is -2.44. The third-order valence-corrected chi connectivity index (χ3v) is 5.87. The summed E-state index contributed by atoms with van der Waals surface area (Å²) in [5.41, 5.74) is 0. The first-order valence-electron chi connectivity index (χ1n) is 9.56. The summed E-state index contributed by atoms with van der Waals surface area (Å²) in [6, 6.07) is 4.14. The lowest BCUT2D eigenvalue weighted by atomic mass is 10.0. The van der Waals surface area contributed by atoms with Crippen LogP contribution in [0.2, 0.25) is 10.0 Å². The van der Waals surface area contributed by atoms with Crippen LogP contribution in [0.3, 0.4) is 0 Å². The number of aromatic nitrogens is 3. The van der Waals surface area contributed by atoms with Gasteiger partial charge in [0.25, 0.3) is 0 Å². The van der Waals surface area contributed by atoms with Crippen molar-refractivity contribution >= 4 is 40.8 Å². The molecule has 2 aromatic heterocycles. The molecule has 4 heterocycles. The van der Waals surface area contributed by atoms with E-state index in [1.165, 1.54) is 0 Å². The number of morpholine rings is 1. The number of hydrogen-bond donors (Lipinski definition) is 0. The smallest absolute Gasteiger partial charge is 0.227 e. The Morgan fingerprint density at radius 2 is 1.82 bits per heavy atom. The van der Waals surface area contributed by atoms with Gasteiger partial charge >= 0.3 is 0 Å². The van der Waals surface area contributed by atoms with Crippen LogP contribution in [0, 0.1) is 0 Å². The molecule has 0 unspecified atom stereocenters. The summed E-state index contributed by atoms with van der Waals surface area (Å²) in [6.45, 7) is 4.91. The summed E-state index contributed by atoms with van der Waals surface area (Å²) in [5.74, 6) is 2.55. The quantitative estimate of drug-likeness (QED) is 0.749. The van der Waals surface area contributed by atoms with Crippen LogP contribution >= 0.6 is 23.2 Å². The number of halogens is 2. The molecule has 0 aromatic carbocycles. The maximum Gasteiger partial charge on any atom is 0.227 e. The second-order valence-corrected chi connectivity index (χ2v) is 7.95. The van der Waals surface area contributed by atoms with Gasteiger partial charge in [0.15, 0.2) is 0 Å². The molecule has 7 nitrogen and oxygen atoms in total. The van der Waals surface area contributed by atoms with E-state index >= 15 is 0 Å². The highest BCUT2D eigenvalue weighted by molar-refractivity contribution is 6.36. The number of hydrogen-bond acceptors (Lipinski definition) is 7. The van der Waals surface area contributed by atoms with Crippen molar-refractivity contribution in [1.82, 2.24) is 15.0 Å². The monoisotopic (exact) mass is 422 g/mol. The van der Waals surface area contributed by atoms with E-state index in [0.29, 0.717) is 16.1 Å². The van der Waals surface area contributed by atoms with Gasteiger partial charge in [-0.25, -0.2) is 9.97 Å². The molecular formula is C19H24Cl2N6O. The molecule has 0 bridgehead atoms. The van der Waals surface area contributed by atoms with E-state index in [1.807, 2.05) is 12.3 Å². The summed E-state index contributed by atoms with van der Waals surface area (Å²) in [7, 11) is 2.11. The maximum absolute atomic E-state index is 6.32. The molecule has 0 spiro atoms. The molecule has 4 rings (SSSR count). The maximum atomic E-state index is 6.32. The first kappa shape index (κ1) is 19.5. The average molecular weight is 423 g/mol. The lowest BCUT2D eigenvalue weighted by Gasteiger charge is -2.38. The van der Waals surface area contributed by atoms with Crippen LogP contribution < -0.4 is 14.7 Å².